The van der Waals surface area contributed by atoms with Gasteiger partial charge in [-0.1, -0.05) is 36.4 Å². The van der Waals surface area contributed by atoms with E-state index in [4.69, 9.17) is 14.6 Å². The van der Waals surface area contributed by atoms with E-state index >= 15 is 0 Å². The third kappa shape index (κ3) is 5.91. The Balaban J connectivity index is 1.72. The lowest BCUT2D eigenvalue weighted by molar-refractivity contribution is 0.0241. The first-order valence-corrected chi connectivity index (χ1v) is 11.6. The van der Waals surface area contributed by atoms with Gasteiger partial charge in [-0.15, -0.1) is 6.58 Å². The highest BCUT2D eigenvalue weighted by molar-refractivity contribution is 5.65. The number of aromatic nitrogens is 2. The maximum absolute atomic E-state index is 13.4. The summed E-state index contributed by atoms with van der Waals surface area (Å²) >= 11 is 0. The van der Waals surface area contributed by atoms with E-state index in [0.29, 0.717) is 31.3 Å². The number of aryl methyl sites for hydroxylation is 1. The molecule has 4 rings (SSSR count). The molecule has 2 heterocycles. The van der Waals surface area contributed by atoms with Gasteiger partial charge in [-0.05, 0) is 44.0 Å². The van der Waals surface area contributed by atoms with E-state index < -0.39 is 5.60 Å². The molecule has 1 aromatic heterocycles. The minimum Gasteiger partial charge on any atom is -0.439 e. The van der Waals surface area contributed by atoms with Crippen LogP contribution in [0.4, 0.5) is 4.39 Å². The summed E-state index contributed by atoms with van der Waals surface area (Å²) in [5, 5.41) is 15.6. The van der Waals surface area contributed by atoms with Crippen molar-refractivity contribution in [3.05, 3.63) is 78.6 Å². The first-order chi connectivity index (χ1) is 16.3. The molecule has 6 nitrogen and oxygen atoms in total. The molecule has 0 amide bonds. The van der Waals surface area contributed by atoms with Gasteiger partial charge in [0.1, 0.15) is 17.3 Å². The summed E-state index contributed by atoms with van der Waals surface area (Å²) in [6, 6.07) is 15.9. The topological polar surface area (TPSA) is 59.8 Å². The molecule has 1 saturated heterocycles. The fourth-order valence-corrected chi connectivity index (χ4v) is 4.27. The molecule has 0 aliphatic carbocycles. The molecule has 7 heteroatoms. The Labute approximate surface area is 200 Å². The fraction of sp³-hybridized carbons (Fsp3) is 0.370. The van der Waals surface area contributed by atoms with Gasteiger partial charge < -0.3 is 14.6 Å². The number of ether oxygens (including phenoxy) is 2. The first-order valence-electron chi connectivity index (χ1n) is 11.6. The van der Waals surface area contributed by atoms with E-state index in [2.05, 4.69) is 11.5 Å². The van der Waals surface area contributed by atoms with Crippen LogP contribution in [0.25, 0.3) is 11.3 Å². The summed E-state index contributed by atoms with van der Waals surface area (Å²) < 4.78 is 27.3. The number of nitrogens with zero attached hydrogens (tertiary/aromatic N) is 3. The minimum absolute atomic E-state index is 0.110. The molecule has 34 heavy (non-hydrogen) atoms. The Morgan fingerprint density at radius 2 is 2.00 bits per heavy atom. The van der Waals surface area contributed by atoms with Crippen LogP contribution < -0.4 is 4.74 Å². The highest BCUT2D eigenvalue weighted by atomic mass is 19.1. The van der Waals surface area contributed by atoms with E-state index in [-0.39, 0.29) is 11.9 Å². The van der Waals surface area contributed by atoms with E-state index in [0.717, 1.165) is 36.3 Å². The number of hydrogen-bond acceptors (Lipinski definition) is 5. The van der Waals surface area contributed by atoms with Gasteiger partial charge in [-0.2, -0.15) is 5.10 Å². The Morgan fingerprint density at radius 1 is 1.26 bits per heavy atom. The van der Waals surface area contributed by atoms with Gasteiger partial charge in [0.2, 0.25) is 5.88 Å². The Morgan fingerprint density at radius 3 is 2.65 bits per heavy atom. The molecule has 2 aromatic carbocycles. The zero-order valence-corrected chi connectivity index (χ0v) is 19.8. The maximum atomic E-state index is 13.4. The number of halogens is 1. The quantitative estimate of drug-likeness (QED) is 0.430. The van der Waals surface area contributed by atoms with Gasteiger partial charge in [0, 0.05) is 38.9 Å². The van der Waals surface area contributed by atoms with E-state index in [1.54, 1.807) is 29.8 Å². The molecule has 1 N–H and O–H groups in total. The Bertz CT molecular complexity index is 1090. The van der Waals surface area contributed by atoms with E-state index in [1.165, 1.54) is 12.1 Å². The lowest BCUT2D eigenvalue weighted by atomic mass is 10.0. The van der Waals surface area contributed by atoms with Crippen LogP contribution >= 0.6 is 0 Å². The van der Waals surface area contributed by atoms with Gasteiger partial charge in [-0.3, -0.25) is 4.90 Å². The third-order valence-electron chi connectivity index (χ3n) is 6.01. The SMILES string of the molecule is C=C[C@](C)(O)CN(Cc1c(-c2ccccc2)nn(C)c1Oc1ccc(F)cc1)C[C@@H]1CCCO1. The standard InChI is InChI=1S/C27H32FN3O3/c1-4-27(2,32)19-31(17-23-11-8-16-33-23)18-24-25(20-9-6-5-7-10-20)29-30(3)26(24)34-22-14-12-21(28)13-15-22/h4-7,9-10,12-15,23,32H,1,8,11,16-19H2,2-3H3/t23-,27-/m0/s1. The zero-order chi connectivity index (χ0) is 24.1. The molecule has 180 valence electrons. The highest BCUT2D eigenvalue weighted by Crippen LogP contribution is 2.34. The van der Waals surface area contributed by atoms with Crippen LogP contribution in [0.3, 0.4) is 0 Å². The lowest BCUT2D eigenvalue weighted by Crippen LogP contribution is -2.42. The zero-order valence-electron chi connectivity index (χ0n) is 19.8. The van der Waals surface area contributed by atoms with Crippen LogP contribution in [0, 0.1) is 5.82 Å². The van der Waals surface area contributed by atoms with Gasteiger partial charge in [0.15, 0.2) is 0 Å². The Kier molecular flexibility index (Phi) is 7.46. The van der Waals surface area contributed by atoms with Crippen LogP contribution in [0.5, 0.6) is 11.6 Å². The first kappa shape index (κ1) is 24.1. The summed E-state index contributed by atoms with van der Waals surface area (Å²) in [7, 11) is 1.83. The van der Waals surface area contributed by atoms with Crippen molar-refractivity contribution in [3.63, 3.8) is 0 Å². The summed E-state index contributed by atoms with van der Waals surface area (Å²) in [5.74, 6) is 0.770. The van der Waals surface area contributed by atoms with Crippen molar-refractivity contribution < 1.29 is 19.0 Å². The van der Waals surface area contributed by atoms with Crippen LogP contribution in [0.2, 0.25) is 0 Å². The normalized spacial score (nSPS) is 17.6. The van der Waals surface area contributed by atoms with Crippen molar-refractivity contribution >= 4 is 0 Å². The Hall–Kier alpha value is -3.00. The number of rotatable bonds is 10. The van der Waals surface area contributed by atoms with Crippen molar-refractivity contribution in [2.75, 3.05) is 19.7 Å². The molecular weight excluding hydrogens is 433 g/mol. The molecule has 1 aliphatic heterocycles. The maximum Gasteiger partial charge on any atom is 0.222 e. The molecule has 2 atom stereocenters. The average molecular weight is 466 g/mol. The molecule has 0 spiro atoms. The van der Waals surface area contributed by atoms with E-state index in [1.807, 2.05) is 37.4 Å². The second-order valence-corrected chi connectivity index (χ2v) is 9.04. The largest absolute Gasteiger partial charge is 0.439 e. The van der Waals surface area contributed by atoms with Crippen molar-refractivity contribution in [1.82, 2.24) is 14.7 Å². The molecular formula is C27H32FN3O3. The van der Waals surface area contributed by atoms with E-state index in [9.17, 15) is 9.50 Å². The predicted molar refractivity (Wildman–Crippen MR) is 130 cm³/mol. The average Bonchev–Trinajstić information content (AvgIpc) is 3.44. The molecule has 0 bridgehead atoms. The summed E-state index contributed by atoms with van der Waals surface area (Å²) in [6.07, 6.45) is 3.70. The van der Waals surface area contributed by atoms with Gasteiger partial charge in [0.25, 0.3) is 0 Å². The summed E-state index contributed by atoms with van der Waals surface area (Å²) in [4.78, 5) is 2.17. The second-order valence-electron chi connectivity index (χ2n) is 9.04. The number of aliphatic hydroxyl groups is 1. The van der Waals surface area contributed by atoms with Crippen molar-refractivity contribution in [1.29, 1.82) is 0 Å². The van der Waals surface area contributed by atoms with Crippen molar-refractivity contribution in [2.45, 2.75) is 38.0 Å². The predicted octanol–water partition coefficient (Wildman–Crippen LogP) is 4.94. The number of benzene rings is 2. The molecule has 0 saturated carbocycles. The smallest absolute Gasteiger partial charge is 0.222 e. The van der Waals surface area contributed by atoms with Gasteiger partial charge in [0.05, 0.1) is 17.3 Å². The van der Waals surface area contributed by atoms with Crippen LogP contribution in [-0.2, 0) is 18.3 Å². The fourth-order valence-electron chi connectivity index (χ4n) is 4.27. The minimum atomic E-state index is -1.06. The van der Waals surface area contributed by atoms with Crippen LogP contribution in [0.15, 0.2) is 67.3 Å². The summed E-state index contributed by atoms with van der Waals surface area (Å²) in [5.41, 5.74) is 1.59. The third-order valence-corrected chi connectivity index (χ3v) is 6.01. The molecule has 3 aromatic rings. The van der Waals surface area contributed by atoms with Crippen molar-refractivity contribution in [2.24, 2.45) is 7.05 Å². The molecule has 0 unspecified atom stereocenters. The second kappa shape index (κ2) is 10.5. The molecule has 1 fully saturated rings. The van der Waals surface area contributed by atoms with Gasteiger partial charge >= 0.3 is 0 Å². The monoisotopic (exact) mass is 465 g/mol. The molecule has 1 aliphatic rings. The van der Waals surface area contributed by atoms with Crippen LogP contribution in [0.1, 0.15) is 25.3 Å². The highest BCUT2D eigenvalue weighted by Gasteiger charge is 2.28. The van der Waals surface area contributed by atoms with Crippen molar-refractivity contribution in [3.8, 4) is 22.9 Å². The lowest BCUT2D eigenvalue weighted by Gasteiger charge is -2.31. The van der Waals surface area contributed by atoms with Gasteiger partial charge in [-0.25, -0.2) is 9.07 Å². The molecule has 0 radical (unpaired) electrons. The number of hydrogen-bond donors (Lipinski definition) is 1. The summed E-state index contributed by atoms with van der Waals surface area (Å²) in [6.45, 7) is 7.84. The van der Waals surface area contributed by atoms with Crippen LogP contribution in [-0.4, -0.2) is 51.2 Å².